The highest BCUT2D eigenvalue weighted by Gasteiger charge is 1.97. The number of rotatable bonds is 7. The molecule has 0 radical (unpaired) electrons. The molecular weight excluding hydrogens is 304 g/mol. The lowest BCUT2D eigenvalue weighted by Crippen LogP contribution is -2.25. The second kappa shape index (κ2) is 8.74. The van der Waals surface area contributed by atoms with Gasteiger partial charge in [0, 0.05) is 13.0 Å². The van der Waals surface area contributed by atoms with Crippen LogP contribution < -0.4 is 5.32 Å². The number of carbonyl (C=O) groups is 2. The van der Waals surface area contributed by atoms with E-state index in [2.05, 4.69) is 5.32 Å². The van der Waals surface area contributed by atoms with Crippen molar-refractivity contribution in [3.8, 4) is 0 Å². The minimum absolute atomic E-state index is 0.0201. The Balaban J connectivity index is 3.08. The Morgan fingerprint density at radius 1 is 1.23 bits per heavy atom. The van der Waals surface area contributed by atoms with E-state index in [1.54, 1.807) is 22.6 Å². The molecule has 0 heterocycles. The third kappa shape index (κ3) is 10.1. The van der Waals surface area contributed by atoms with E-state index in [0.29, 0.717) is 13.0 Å². The maximum atomic E-state index is 10.7. The number of alkyl halides is 1. The smallest absolute Gasteiger partial charge is 0.234 e. The lowest BCUT2D eigenvalue weighted by molar-refractivity contribution is -0.118. The number of hydrogen-bond donors (Lipinski definition) is 1. The monoisotopic (exact) mass is 317 g/mol. The van der Waals surface area contributed by atoms with Crippen molar-refractivity contribution in [3.63, 3.8) is 0 Å². The highest BCUT2D eigenvalue weighted by atomic mass is 127. The molecule has 13 heavy (non-hydrogen) atoms. The zero-order valence-electron chi connectivity index (χ0n) is 7.32. The molecule has 0 spiro atoms. The van der Waals surface area contributed by atoms with Gasteiger partial charge < -0.3 is 5.32 Å². The molecule has 0 fully saturated rings. The molecule has 0 bridgehead atoms. The zero-order valence-corrected chi connectivity index (χ0v) is 10.2. The standard InChI is InChI=1S/C8H13ClINO2/c9-6-8(13)11-5-3-1-2-4-7(10)12/h1-6H2,(H,11,13). The summed E-state index contributed by atoms with van der Waals surface area (Å²) in [7, 11) is 0. The van der Waals surface area contributed by atoms with Gasteiger partial charge in [-0.15, -0.1) is 11.6 Å². The molecule has 0 unspecified atom stereocenters. The van der Waals surface area contributed by atoms with Crippen molar-refractivity contribution >= 4 is 43.9 Å². The molecule has 0 aliphatic rings. The molecule has 0 rings (SSSR count). The summed E-state index contributed by atoms with van der Waals surface area (Å²) in [5, 5.41) is 2.66. The fourth-order valence-corrected chi connectivity index (χ4v) is 1.32. The first-order chi connectivity index (χ1) is 6.16. The van der Waals surface area contributed by atoms with Crippen LogP contribution in [0.15, 0.2) is 0 Å². The Kier molecular flexibility index (Phi) is 8.85. The third-order valence-electron chi connectivity index (χ3n) is 1.49. The Morgan fingerprint density at radius 2 is 1.92 bits per heavy atom. The van der Waals surface area contributed by atoms with Crippen molar-refractivity contribution in [2.75, 3.05) is 12.4 Å². The summed E-state index contributed by atoms with van der Waals surface area (Å²) in [4.78, 5) is 21.2. The average Bonchev–Trinajstić information content (AvgIpc) is 2.10. The van der Waals surface area contributed by atoms with E-state index < -0.39 is 0 Å². The maximum Gasteiger partial charge on any atom is 0.234 e. The number of nitrogens with one attached hydrogen (secondary N) is 1. The Bertz CT molecular complexity index is 176. The number of hydrogen-bond acceptors (Lipinski definition) is 2. The topological polar surface area (TPSA) is 46.2 Å². The van der Waals surface area contributed by atoms with Crippen LogP contribution in [-0.4, -0.2) is 22.1 Å². The molecule has 5 heteroatoms. The summed E-state index contributed by atoms with van der Waals surface area (Å²) in [5.41, 5.74) is 0. The number of amides is 1. The first kappa shape index (κ1) is 13.2. The quantitative estimate of drug-likeness (QED) is 0.337. The van der Waals surface area contributed by atoms with Gasteiger partial charge in [0.1, 0.15) is 5.88 Å². The van der Waals surface area contributed by atoms with Crippen LogP contribution >= 0.6 is 34.2 Å². The predicted molar refractivity (Wildman–Crippen MR) is 61.2 cm³/mol. The molecule has 0 aromatic rings. The van der Waals surface area contributed by atoms with E-state index in [9.17, 15) is 9.59 Å². The Labute approximate surface area is 96.7 Å². The molecule has 1 amide bonds. The van der Waals surface area contributed by atoms with Crippen LogP contribution in [0, 0.1) is 0 Å². The van der Waals surface area contributed by atoms with Gasteiger partial charge in [-0.2, -0.15) is 0 Å². The van der Waals surface area contributed by atoms with Crippen LogP contribution in [0.4, 0.5) is 0 Å². The molecule has 3 nitrogen and oxygen atoms in total. The van der Waals surface area contributed by atoms with Crippen molar-refractivity contribution in [3.05, 3.63) is 0 Å². The van der Waals surface area contributed by atoms with Gasteiger partial charge in [-0.1, -0.05) is 6.42 Å². The minimum atomic E-state index is -0.133. The molecule has 0 saturated heterocycles. The molecular formula is C8H13ClINO2. The number of unbranched alkanes of at least 4 members (excludes halogenated alkanes) is 2. The molecule has 0 aliphatic heterocycles. The molecule has 1 N–H and O–H groups in total. The maximum absolute atomic E-state index is 10.7. The summed E-state index contributed by atoms with van der Waals surface area (Å²) in [6.45, 7) is 0.654. The largest absolute Gasteiger partial charge is 0.355 e. The summed E-state index contributed by atoms with van der Waals surface area (Å²) in [5.74, 6) is -0.113. The van der Waals surface area contributed by atoms with E-state index in [0.717, 1.165) is 19.3 Å². The summed E-state index contributed by atoms with van der Waals surface area (Å²) in [6, 6.07) is 0. The Morgan fingerprint density at radius 3 is 2.46 bits per heavy atom. The van der Waals surface area contributed by atoms with Gasteiger partial charge in [-0.05, 0) is 35.4 Å². The van der Waals surface area contributed by atoms with Crippen molar-refractivity contribution in [2.24, 2.45) is 0 Å². The van der Waals surface area contributed by atoms with E-state index in [1.807, 2.05) is 0 Å². The summed E-state index contributed by atoms with van der Waals surface area (Å²) >= 11 is 7.07. The summed E-state index contributed by atoms with van der Waals surface area (Å²) < 4.78 is 0.197. The van der Waals surface area contributed by atoms with Crippen molar-refractivity contribution in [2.45, 2.75) is 25.7 Å². The highest BCUT2D eigenvalue weighted by Crippen LogP contribution is 2.03. The van der Waals surface area contributed by atoms with E-state index in [1.165, 1.54) is 0 Å². The normalized spacial score (nSPS) is 9.69. The fourth-order valence-electron chi connectivity index (χ4n) is 0.841. The van der Waals surface area contributed by atoms with Gasteiger partial charge in [0.25, 0.3) is 0 Å². The molecule has 0 aliphatic carbocycles. The minimum Gasteiger partial charge on any atom is -0.355 e. The van der Waals surface area contributed by atoms with Gasteiger partial charge in [0.2, 0.25) is 5.91 Å². The van der Waals surface area contributed by atoms with E-state index in [4.69, 9.17) is 11.6 Å². The van der Waals surface area contributed by atoms with Crippen LogP contribution in [0.5, 0.6) is 0 Å². The number of halogens is 2. The van der Waals surface area contributed by atoms with E-state index in [-0.39, 0.29) is 15.6 Å². The van der Waals surface area contributed by atoms with Crippen molar-refractivity contribution < 1.29 is 9.59 Å². The van der Waals surface area contributed by atoms with Crippen molar-refractivity contribution in [1.82, 2.24) is 5.32 Å². The molecule has 0 aromatic carbocycles. The second-order valence-corrected chi connectivity index (χ2v) is 4.12. The van der Waals surface area contributed by atoms with Gasteiger partial charge in [-0.25, -0.2) is 0 Å². The van der Waals surface area contributed by atoms with Crippen molar-refractivity contribution in [1.29, 1.82) is 0 Å². The average molecular weight is 318 g/mol. The Hall–Kier alpha value is 0.160. The fraction of sp³-hybridized carbons (Fsp3) is 0.750. The molecule has 0 aromatic heterocycles. The van der Waals surface area contributed by atoms with Crippen LogP contribution in [-0.2, 0) is 9.59 Å². The van der Waals surface area contributed by atoms with Gasteiger partial charge >= 0.3 is 0 Å². The van der Waals surface area contributed by atoms with Crippen LogP contribution in [0.3, 0.4) is 0 Å². The van der Waals surface area contributed by atoms with Gasteiger partial charge in [-0.3, -0.25) is 9.59 Å². The van der Waals surface area contributed by atoms with Crippen LogP contribution in [0.25, 0.3) is 0 Å². The lowest BCUT2D eigenvalue weighted by atomic mass is 10.2. The SMILES string of the molecule is O=C(I)CCCCCNC(=O)CCl. The first-order valence-corrected chi connectivity index (χ1v) is 5.79. The molecule has 0 atom stereocenters. The first-order valence-electron chi connectivity index (χ1n) is 4.18. The molecule has 0 saturated carbocycles. The van der Waals surface area contributed by atoms with E-state index >= 15 is 0 Å². The molecule has 76 valence electrons. The highest BCUT2D eigenvalue weighted by molar-refractivity contribution is 14.1. The summed E-state index contributed by atoms with van der Waals surface area (Å²) in [6.07, 6.45) is 3.41. The van der Waals surface area contributed by atoms with Crippen LogP contribution in [0.2, 0.25) is 0 Å². The number of carbonyl (C=O) groups excluding carboxylic acids is 2. The second-order valence-electron chi connectivity index (χ2n) is 2.65. The third-order valence-corrected chi connectivity index (χ3v) is 2.28. The zero-order chi connectivity index (χ0) is 10.1. The predicted octanol–water partition coefficient (Wildman–Crippen LogP) is 1.86. The van der Waals surface area contributed by atoms with Crippen LogP contribution in [0.1, 0.15) is 25.7 Å². The van der Waals surface area contributed by atoms with Gasteiger partial charge in [0.15, 0.2) is 3.79 Å². The van der Waals surface area contributed by atoms with Gasteiger partial charge in [0.05, 0.1) is 0 Å². The lowest BCUT2D eigenvalue weighted by Gasteiger charge is -2.01.